The van der Waals surface area contributed by atoms with Gasteiger partial charge in [-0.25, -0.2) is 0 Å². The molecule has 4 nitrogen and oxygen atoms in total. The van der Waals surface area contributed by atoms with Gasteiger partial charge in [0.2, 0.25) is 0 Å². The van der Waals surface area contributed by atoms with Crippen molar-refractivity contribution in [3.63, 3.8) is 0 Å². The maximum absolute atomic E-state index is 7.22. The molecule has 5 N–H and O–H groups in total. The first-order valence-electron chi connectivity index (χ1n) is 3.03. The Morgan fingerprint density at radius 1 is 1.73 bits per heavy atom. The van der Waals surface area contributed by atoms with Crippen LogP contribution in [-0.2, 0) is 0 Å². The number of aliphatic imine (C=N–C) groups is 1. The summed E-state index contributed by atoms with van der Waals surface area (Å²) >= 11 is 1.25. The largest absolute Gasteiger partial charge is 0.370 e. The Morgan fingerprint density at radius 3 is 2.64 bits per heavy atom. The maximum Gasteiger partial charge on any atom is 0.193 e. The highest BCUT2D eigenvalue weighted by Crippen LogP contribution is 2.12. The van der Waals surface area contributed by atoms with E-state index in [0.717, 1.165) is 0 Å². The van der Waals surface area contributed by atoms with Crippen LogP contribution in [0.15, 0.2) is 17.6 Å². The molecule has 11 heavy (non-hydrogen) atoms. The number of rotatable bonds is 2. The summed E-state index contributed by atoms with van der Waals surface area (Å²) in [5, 5.41) is 7.49. The second-order valence-electron chi connectivity index (χ2n) is 1.90. The van der Waals surface area contributed by atoms with Gasteiger partial charge in [0.05, 0.1) is 0 Å². The minimum absolute atomic E-state index is 0.0845. The van der Waals surface area contributed by atoms with Gasteiger partial charge < -0.3 is 11.5 Å². The Labute approximate surface area is 70.3 Å². The summed E-state index contributed by atoms with van der Waals surface area (Å²) in [6.07, 6.45) is 1.72. The van der Waals surface area contributed by atoms with E-state index in [-0.39, 0.29) is 16.4 Å². The third-order valence-corrected chi connectivity index (χ3v) is 1.74. The maximum atomic E-state index is 7.22. The summed E-state index contributed by atoms with van der Waals surface area (Å²) in [5.41, 5.74) is 10.1. The number of thioether (sulfide) groups is 1. The van der Waals surface area contributed by atoms with Crippen molar-refractivity contribution in [1.82, 2.24) is 0 Å². The van der Waals surface area contributed by atoms with E-state index < -0.39 is 0 Å². The van der Waals surface area contributed by atoms with Crippen molar-refractivity contribution in [2.45, 2.75) is 12.2 Å². The van der Waals surface area contributed by atoms with Crippen molar-refractivity contribution in [2.75, 3.05) is 0 Å². The molecular weight excluding hydrogens is 160 g/mol. The van der Waals surface area contributed by atoms with E-state index in [1.165, 1.54) is 11.8 Å². The zero-order chi connectivity index (χ0) is 8.85. The number of hydrogen-bond acceptors (Lipinski definition) is 2. The topological polar surface area (TPSA) is 88.2 Å². The lowest BCUT2D eigenvalue weighted by atomic mass is 10.5. The van der Waals surface area contributed by atoms with Crippen molar-refractivity contribution in [3.05, 3.63) is 12.7 Å². The van der Waals surface area contributed by atoms with Gasteiger partial charge in [0.15, 0.2) is 11.1 Å². The normalized spacial score (nSPS) is 11.7. The average Bonchev–Trinajstić information content (AvgIpc) is 1.85. The highest BCUT2D eigenvalue weighted by molar-refractivity contribution is 8.14. The van der Waals surface area contributed by atoms with Gasteiger partial charge in [-0.15, -0.1) is 6.58 Å². The Morgan fingerprint density at radius 2 is 2.27 bits per heavy atom. The first-order chi connectivity index (χ1) is 5.06. The Balaban J connectivity index is 3.88. The van der Waals surface area contributed by atoms with Crippen molar-refractivity contribution in [2.24, 2.45) is 16.5 Å². The second-order valence-corrected chi connectivity index (χ2v) is 3.27. The third-order valence-electron chi connectivity index (χ3n) is 0.860. The first kappa shape index (κ1) is 10.0. The molecule has 0 aliphatic carbocycles. The van der Waals surface area contributed by atoms with E-state index in [1.54, 1.807) is 6.08 Å². The van der Waals surface area contributed by atoms with E-state index >= 15 is 0 Å². The standard InChI is InChI=1S/C6H12N4S/c1-3-4(2)11-6(9)10-5(7)8/h3-4H,1H2,2H3,(H5,7,8,9,10). The molecule has 0 heterocycles. The van der Waals surface area contributed by atoms with Gasteiger partial charge in [-0.1, -0.05) is 17.8 Å². The SMILES string of the molecule is C=CC(C)SC(=N)N=C(N)N. The lowest BCUT2D eigenvalue weighted by Gasteiger charge is -2.01. The molecule has 0 spiro atoms. The third kappa shape index (κ3) is 5.47. The van der Waals surface area contributed by atoms with E-state index in [4.69, 9.17) is 16.9 Å². The van der Waals surface area contributed by atoms with Crippen LogP contribution in [0.25, 0.3) is 0 Å². The van der Waals surface area contributed by atoms with Crippen molar-refractivity contribution < 1.29 is 0 Å². The number of nitrogens with one attached hydrogen (secondary N) is 1. The number of nitrogens with two attached hydrogens (primary N) is 2. The van der Waals surface area contributed by atoms with E-state index in [1.807, 2.05) is 6.92 Å². The fraction of sp³-hybridized carbons (Fsp3) is 0.333. The van der Waals surface area contributed by atoms with Crippen LogP contribution in [-0.4, -0.2) is 16.4 Å². The number of nitrogens with zero attached hydrogens (tertiary/aromatic N) is 1. The average molecular weight is 172 g/mol. The van der Waals surface area contributed by atoms with Crippen molar-refractivity contribution in [3.8, 4) is 0 Å². The first-order valence-corrected chi connectivity index (χ1v) is 3.91. The molecular formula is C6H12N4S. The predicted molar refractivity (Wildman–Crippen MR) is 50.8 cm³/mol. The zero-order valence-corrected chi connectivity index (χ0v) is 7.19. The van der Waals surface area contributed by atoms with Gasteiger partial charge in [0.25, 0.3) is 0 Å². The van der Waals surface area contributed by atoms with E-state index in [0.29, 0.717) is 0 Å². The fourth-order valence-electron chi connectivity index (χ4n) is 0.368. The summed E-state index contributed by atoms with van der Waals surface area (Å²) in [6.45, 7) is 5.48. The van der Waals surface area contributed by atoms with Crippen LogP contribution in [0, 0.1) is 5.41 Å². The Kier molecular flexibility index (Phi) is 4.36. The quantitative estimate of drug-likeness (QED) is 0.322. The summed E-state index contributed by atoms with van der Waals surface area (Å²) in [4.78, 5) is 3.54. The van der Waals surface area contributed by atoms with Crippen LogP contribution in [0.4, 0.5) is 0 Å². The summed E-state index contributed by atoms with van der Waals surface area (Å²) in [6, 6.07) is 0. The lowest BCUT2D eigenvalue weighted by molar-refractivity contribution is 1.26. The molecule has 0 rings (SSSR count). The summed E-state index contributed by atoms with van der Waals surface area (Å²) in [5.74, 6) is -0.0845. The monoisotopic (exact) mass is 172 g/mol. The minimum Gasteiger partial charge on any atom is -0.370 e. The Bertz CT molecular complexity index is 183. The molecule has 0 saturated heterocycles. The Hall–Kier alpha value is -0.970. The molecule has 0 aromatic heterocycles. The van der Waals surface area contributed by atoms with Gasteiger partial charge in [-0.3, -0.25) is 5.41 Å². The van der Waals surface area contributed by atoms with Crippen LogP contribution in [0.1, 0.15) is 6.92 Å². The van der Waals surface area contributed by atoms with Gasteiger partial charge >= 0.3 is 0 Å². The van der Waals surface area contributed by atoms with Crippen LogP contribution in [0.5, 0.6) is 0 Å². The zero-order valence-electron chi connectivity index (χ0n) is 6.37. The molecule has 0 aromatic rings. The lowest BCUT2D eigenvalue weighted by Crippen LogP contribution is -2.23. The number of guanidine groups is 1. The molecule has 0 amide bonds. The van der Waals surface area contributed by atoms with Crippen molar-refractivity contribution in [1.29, 1.82) is 5.41 Å². The molecule has 0 aromatic carbocycles. The second kappa shape index (κ2) is 4.79. The molecule has 1 unspecified atom stereocenters. The van der Waals surface area contributed by atoms with Crippen LogP contribution < -0.4 is 11.5 Å². The van der Waals surface area contributed by atoms with Crippen LogP contribution in [0.2, 0.25) is 0 Å². The van der Waals surface area contributed by atoms with Gasteiger partial charge in [0.1, 0.15) is 0 Å². The predicted octanol–water partition coefficient (Wildman–Crippen LogP) is 0.502. The van der Waals surface area contributed by atoms with Crippen LogP contribution in [0.3, 0.4) is 0 Å². The molecule has 5 heteroatoms. The highest BCUT2D eigenvalue weighted by atomic mass is 32.2. The molecule has 0 radical (unpaired) electrons. The molecule has 0 bridgehead atoms. The summed E-state index contributed by atoms with van der Waals surface area (Å²) in [7, 11) is 0. The molecule has 0 fully saturated rings. The molecule has 0 aliphatic rings. The van der Waals surface area contributed by atoms with Gasteiger partial charge in [-0.2, -0.15) is 4.99 Å². The smallest absolute Gasteiger partial charge is 0.193 e. The molecule has 1 atom stereocenters. The van der Waals surface area contributed by atoms with Crippen molar-refractivity contribution >= 4 is 22.9 Å². The van der Waals surface area contributed by atoms with Gasteiger partial charge in [-0.05, 0) is 6.92 Å². The number of hydrogen-bond donors (Lipinski definition) is 3. The molecule has 62 valence electrons. The fourth-order valence-corrected chi connectivity index (χ4v) is 0.974. The van der Waals surface area contributed by atoms with E-state index in [9.17, 15) is 0 Å². The molecule has 0 aliphatic heterocycles. The van der Waals surface area contributed by atoms with Crippen LogP contribution >= 0.6 is 11.8 Å². The van der Waals surface area contributed by atoms with E-state index in [2.05, 4.69) is 11.6 Å². The minimum atomic E-state index is -0.0845. The highest BCUT2D eigenvalue weighted by Gasteiger charge is 2.00. The molecule has 0 saturated carbocycles. The number of amidine groups is 1. The summed E-state index contributed by atoms with van der Waals surface area (Å²) < 4.78 is 0. The van der Waals surface area contributed by atoms with Gasteiger partial charge in [0, 0.05) is 5.25 Å².